The first-order valence-corrected chi connectivity index (χ1v) is 11.7. The molecule has 0 amide bonds. The first-order valence-electron chi connectivity index (χ1n) is 10.5. The molecule has 0 bridgehead atoms. The van der Waals surface area contributed by atoms with Crippen LogP contribution >= 0.6 is 11.8 Å². The highest BCUT2D eigenvalue weighted by atomic mass is 32.2. The lowest BCUT2D eigenvalue weighted by atomic mass is 10.0. The van der Waals surface area contributed by atoms with Gasteiger partial charge in [0.2, 0.25) is 5.95 Å². The monoisotopic (exact) mass is 413 g/mol. The molecule has 1 aromatic heterocycles. The Kier molecular flexibility index (Phi) is 6.90. The third-order valence-corrected chi connectivity index (χ3v) is 6.70. The fourth-order valence-corrected chi connectivity index (χ4v) is 4.50. The lowest BCUT2D eigenvalue weighted by Crippen LogP contribution is -2.43. The van der Waals surface area contributed by atoms with E-state index in [0.29, 0.717) is 6.04 Å². The number of rotatable bonds is 6. The standard InChI is InChI=1S/C22H31N5OS/c1-25(21-7-10-23-22(24-21)27-13-15-28-16-14-27)19-8-11-26(12-9-19)17-18-3-5-20(29-2)6-4-18/h3-7,10,19H,8-9,11-17H2,1-2H3. The second kappa shape index (κ2) is 9.78. The molecule has 0 saturated carbocycles. The molecule has 2 fully saturated rings. The van der Waals surface area contributed by atoms with Gasteiger partial charge in [-0.15, -0.1) is 11.8 Å². The predicted molar refractivity (Wildman–Crippen MR) is 120 cm³/mol. The molecule has 3 heterocycles. The van der Waals surface area contributed by atoms with Crippen LogP contribution in [0.1, 0.15) is 18.4 Å². The molecule has 4 rings (SSSR count). The number of piperidine rings is 1. The van der Waals surface area contributed by atoms with E-state index in [-0.39, 0.29) is 0 Å². The lowest BCUT2D eigenvalue weighted by molar-refractivity contribution is 0.122. The summed E-state index contributed by atoms with van der Waals surface area (Å²) in [4.78, 5) is 17.8. The number of benzene rings is 1. The highest BCUT2D eigenvalue weighted by molar-refractivity contribution is 7.98. The van der Waals surface area contributed by atoms with Gasteiger partial charge in [0.1, 0.15) is 5.82 Å². The molecule has 156 valence electrons. The Balaban J connectivity index is 1.32. The number of morpholine rings is 1. The van der Waals surface area contributed by atoms with Gasteiger partial charge < -0.3 is 14.5 Å². The Hall–Kier alpha value is -1.83. The van der Waals surface area contributed by atoms with E-state index in [1.54, 1.807) is 11.8 Å². The molecule has 6 nitrogen and oxygen atoms in total. The number of likely N-dealkylation sites (tertiary alicyclic amines) is 1. The molecule has 7 heteroatoms. The van der Waals surface area contributed by atoms with Crippen molar-refractivity contribution in [1.82, 2.24) is 14.9 Å². The predicted octanol–water partition coefficient (Wildman–Crippen LogP) is 3.14. The van der Waals surface area contributed by atoms with Crippen molar-refractivity contribution in [3.63, 3.8) is 0 Å². The van der Waals surface area contributed by atoms with Crippen molar-refractivity contribution in [2.45, 2.75) is 30.3 Å². The average Bonchev–Trinajstić information content (AvgIpc) is 2.80. The number of anilines is 2. The summed E-state index contributed by atoms with van der Waals surface area (Å²) in [7, 11) is 2.17. The third-order valence-electron chi connectivity index (χ3n) is 5.95. The first-order chi connectivity index (χ1) is 14.2. The van der Waals surface area contributed by atoms with Crippen LogP contribution in [-0.2, 0) is 11.3 Å². The largest absolute Gasteiger partial charge is 0.378 e. The summed E-state index contributed by atoms with van der Waals surface area (Å²) < 4.78 is 5.44. The minimum Gasteiger partial charge on any atom is -0.378 e. The Morgan fingerprint density at radius 1 is 1.07 bits per heavy atom. The molecule has 2 aliphatic rings. The van der Waals surface area contributed by atoms with Crippen molar-refractivity contribution in [2.75, 3.05) is 62.5 Å². The maximum atomic E-state index is 5.44. The van der Waals surface area contributed by atoms with Gasteiger partial charge in [-0.1, -0.05) is 12.1 Å². The lowest BCUT2D eigenvalue weighted by Gasteiger charge is -2.37. The molecule has 2 aliphatic heterocycles. The summed E-state index contributed by atoms with van der Waals surface area (Å²) in [5.74, 6) is 1.84. The number of nitrogens with zero attached hydrogens (tertiary/aromatic N) is 5. The van der Waals surface area contributed by atoms with Crippen molar-refractivity contribution in [3.8, 4) is 0 Å². The minimum absolute atomic E-state index is 0.526. The van der Waals surface area contributed by atoms with E-state index in [1.165, 1.54) is 10.5 Å². The van der Waals surface area contributed by atoms with Crippen molar-refractivity contribution in [1.29, 1.82) is 0 Å². The maximum absolute atomic E-state index is 5.44. The van der Waals surface area contributed by atoms with Crippen LogP contribution in [0.2, 0.25) is 0 Å². The first kappa shape index (κ1) is 20.4. The van der Waals surface area contributed by atoms with Crippen molar-refractivity contribution >= 4 is 23.5 Å². The Labute approximate surface area is 178 Å². The summed E-state index contributed by atoms with van der Waals surface area (Å²) in [5, 5.41) is 0. The van der Waals surface area contributed by atoms with Gasteiger partial charge in [0.15, 0.2) is 0 Å². The van der Waals surface area contributed by atoms with Crippen LogP contribution in [-0.4, -0.2) is 73.6 Å². The quantitative estimate of drug-likeness (QED) is 0.674. The van der Waals surface area contributed by atoms with E-state index in [9.17, 15) is 0 Å². The van der Waals surface area contributed by atoms with Crippen LogP contribution in [0.25, 0.3) is 0 Å². The average molecular weight is 414 g/mol. The van der Waals surface area contributed by atoms with E-state index in [0.717, 1.165) is 70.5 Å². The minimum atomic E-state index is 0.526. The molecule has 2 saturated heterocycles. The fourth-order valence-electron chi connectivity index (χ4n) is 4.09. The molecule has 0 N–H and O–H groups in total. The highest BCUT2D eigenvalue weighted by Crippen LogP contribution is 2.23. The second-order valence-corrected chi connectivity index (χ2v) is 8.66. The maximum Gasteiger partial charge on any atom is 0.227 e. The normalized spacial score (nSPS) is 18.8. The summed E-state index contributed by atoms with van der Waals surface area (Å²) in [6.45, 7) is 6.53. The number of ether oxygens (including phenoxy) is 1. The summed E-state index contributed by atoms with van der Waals surface area (Å²) in [5.41, 5.74) is 1.40. The van der Waals surface area contributed by atoms with Gasteiger partial charge in [0.05, 0.1) is 13.2 Å². The van der Waals surface area contributed by atoms with Gasteiger partial charge in [0, 0.05) is 56.9 Å². The van der Waals surface area contributed by atoms with Crippen LogP contribution < -0.4 is 9.80 Å². The number of hydrogen-bond donors (Lipinski definition) is 0. The topological polar surface area (TPSA) is 44.7 Å². The molecular formula is C22H31N5OS. The van der Waals surface area contributed by atoms with Crippen molar-refractivity contribution < 1.29 is 4.74 Å². The molecule has 2 aromatic rings. The molecule has 29 heavy (non-hydrogen) atoms. The van der Waals surface area contributed by atoms with Gasteiger partial charge in [0.25, 0.3) is 0 Å². The molecule has 0 radical (unpaired) electrons. The number of hydrogen-bond acceptors (Lipinski definition) is 7. The Bertz CT molecular complexity index is 773. The zero-order valence-corrected chi connectivity index (χ0v) is 18.3. The Morgan fingerprint density at radius 3 is 2.48 bits per heavy atom. The molecule has 1 aromatic carbocycles. The van der Waals surface area contributed by atoms with Gasteiger partial charge in [-0.3, -0.25) is 4.90 Å². The van der Waals surface area contributed by atoms with E-state index in [2.05, 4.69) is 57.3 Å². The van der Waals surface area contributed by atoms with Crippen LogP contribution in [0.15, 0.2) is 41.4 Å². The van der Waals surface area contributed by atoms with Gasteiger partial charge in [-0.25, -0.2) is 4.98 Å². The molecule has 0 atom stereocenters. The van der Waals surface area contributed by atoms with Crippen LogP contribution in [0, 0.1) is 0 Å². The van der Waals surface area contributed by atoms with E-state index >= 15 is 0 Å². The zero-order chi connectivity index (χ0) is 20.1. The van der Waals surface area contributed by atoms with Crippen LogP contribution in [0.5, 0.6) is 0 Å². The van der Waals surface area contributed by atoms with Crippen LogP contribution in [0.4, 0.5) is 11.8 Å². The van der Waals surface area contributed by atoms with Crippen molar-refractivity contribution in [3.05, 3.63) is 42.1 Å². The fraction of sp³-hybridized carbons (Fsp3) is 0.545. The van der Waals surface area contributed by atoms with E-state index in [4.69, 9.17) is 9.72 Å². The van der Waals surface area contributed by atoms with Gasteiger partial charge in [-0.05, 0) is 42.9 Å². The Morgan fingerprint density at radius 2 is 1.79 bits per heavy atom. The zero-order valence-electron chi connectivity index (χ0n) is 17.5. The van der Waals surface area contributed by atoms with Gasteiger partial charge in [-0.2, -0.15) is 4.98 Å². The summed E-state index contributed by atoms with van der Waals surface area (Å²) in [6, 6.07) is 11.5. The second-order valence-electron chi connectivity index (χ2n) is 7.78. The molecule has 0 unspecified atom stereocenters. The molecule has 0 spiro atoms. The SMILES string of the molecule is CSc1ccc(CN2CCC(N(C)c3ccnc(N4CCOCC4)n3)CC2)cc1. The van der Waals surface area contributed by atoms with Crippen LogP contribution in [0.3, 0.4) is 0 Å². The smallest absolute Gasteiger partial charge is 0.227 e. The van der Waals surface area contributed by atoms with Crippen molar-refractivity contribution in [2.24, 2.45) is 0 Å². The highest BCUT2D eigenvalue weighted by Gasteiger charge is 2.24. The molecule has 0 aliphatic carbocycles. The van der Waals surface area contributed by atoms with E-state index in [1.807, 2.05) is 12.3 Å². The summed E-state index contributed by atoms with van der Waals surface area (Å²) >= 11 is 1.80. The third kappa shape index (κ3) is 5.21. The van der Waals surface area contributed by atoms with Gasteiger partial charge >= 0.3 is 0 Å². The summed E-state index contributed by atoms with van der Waals surface area (Å²) in [6.07, 6.45) is 6.33. The van der Waals surface area contributed by atoms with E-state index < -0.39 is 0 Å². The molecular weight excluding hydrogens is 382 g/mol. The number of thioether (sulfide) groups is 1. The number of aromatic nitrogens is 2.